The predicted molar refractivity (Wildman–Crippen MR) is 72.3 cm³/mol. The molecule has 2 N–H and O–H groups in total. The van der Waals surface area contributed by atoms with Crippen molar-refractivity contribution < 1.29 is 9.53 Å². The van der Waals surface area contributed by atoms with Gasteiger partial charge < -0.3 is 15.4 Å². The number of primary amides is 1. The van der Waals surface area contributed by atoms with Crippen LogP contribution in [0.2, 0.25) is 5.28 Å². The van der Waals surface area contributed by atoms with Crippen LogP contribution in [0.15, 0.2) is 0 Å². The highest BCUT2D eigenvalue weighted by atomic mass is 35.5. The van der Waals surface area contributed by atoms with Gasteiger partial charge in [0.25, 0.3) is 0 Å². The Labute approximate surface area is 117 Å². The third-order valence-corrected chi connectivity index (χ3v) is 2.43. The second-order valence-corrected chi connectivity index (χ2v) is 4.20. The molecule has 0 spiro atoms. The van der Waals surface area contributed by atoms with Gasteiger partial charge in [0.2, 0.25) is 17.1 Å². The lowest BCUT2D eigenvalue weighted by molar-refractivity contribution is -0.116. The van der Waals surface area contributed by atoms with E-state index in [0.717, 1.165) is 12.8 Å². The molecule has 0 radical (unpaired) electrons. The van der Waals surface area contributed by atoms with Crippen molar-refractivity contribution in [2.75, 3.05) is 24.6 Å². The molecule has 1 aromatic heterocycles. The molecule has 0 aromatic carbocycles. The molecule has 0 aliphatic heterocycles. The van der Waals surface area contributed by atoms with E-state index in [9.17, 15) is 4.79 Å². The van der Waals surface area contributed by atoms with Gasteiger partial charge in [0, 0.05) is 6.54 Å². The van der Waals surface area contributed by atoms with E-state index in [2.05, 4.69) is 21.9 Å². The Morgan fingerprint density at radius 2 is 2.11 bits per heavy atom. The lowest BCUT2D eigenvalue weighted by Crippen LogP contribution is -2.35. The van der Waals surface area contributed by atoms with Crippen LogP contribution in [0.25, 0.3) is 0 Å². The van der Waals surface area contributed by atoms with Gasteiger partial charge in [-0.05, 0) is 24.9 Å². The number of aromatic nitrogens is 3. The van der Waals surface area contributed by atoms with Crippen molar-refractivity contribution in [3.63, 3.8) is 0 Å². The molecule has 1 amide bonds. The zero-order valence-corrected chi connectivity index (χ0v) is 11.9. The van der Waals surface area contributed by atoms with E-state index < -0.39 is 5.91 Å². The molecule has 7 nitrogen and oxygen atoms in total. The minimum Gasteiger partial charge on any atom is -0.464 e. The van der Waals surface area contributed by atoms with Gasteiger partial charge in [-0.1, -0.05) is 13.3 Å². The van der Waals surface area contributed by atoms with Crippen LogP contribution in [0.4, 0.5) is 5.95 Å². The summed E-state index contributed by atoms with van der Waals surface area (Å²) in [7, 11) is 0. The molecule has 8 heteroatoms. The van der Waals surface area contributed by atoms with Gasteiger partial charge in [0.05, 0.1) is 13.2 Å². The predicted octanol–water partition coefficient (Wildman–Crippen LogP) is 1.02. The van der Waals surface area contributed by atoms with Crippen LogP contribution in [-0.4, -0.2) is 40.6 Å². The Bertz CT molecular complexity index is 430. The van der Waals surface area contributed by atoms with Crippen LogP contribution in [0.5, 0.6) is 6.01 Å². The molecule has 0 saturated heterocycles. The average molecular weight is 288 g/mol. The minimum atomic E-state index is -0.453. The first-order valence-corrected chi connectivity index (χ1v) is 6.52. The standard InChI is InChI=1S/C11H18ClN5O2/c1-3-5-6-17(7-8(13)18)10-14-9(12)15-11(16-10)19-4-2/h3-7H2,1-2H3,(H2,13,18). The van der Waals surface area contributed by atoms with Gasteiger partial charge in [-0.2, -0.15) is 15.0 Å². The molecule has 19 heavy (non-hydrogen) atoms. The summed E-state index contributed by atoms with van der Waals surface area (Å²) in [4.78, 5) is 24.7. The first kappa shape index (κ1) is 15.4. The fourth-order valence-corrected chi connectivity index (χ4v) is 1.59. The number of hydrogen-bond acceptors (Lipinski definition) is 6. The molecule has 106 valence electrons. The smallest absolute Gasteiger partial charge is 0.322 e. The van der Waals surface area contributed by atoms with E-state index in [4.69, 9.17) is 22.1 Å². The Morgan fingerprint density at radius 3 is 2.68 bits per heavy atom. The second kappa shape index (κ2) is 7.73. The third kappa shape index (κ3) is 5.25. The number of carbonyl (C=O) groups is 1. The number of carbonyl (C=O) groups excluding carboxylic acids is 1. The summed E-state index contributed by atoms with van der Waals surface area (Å²) in [6, 6.07) is 0.142. The van der Waals surface area contributed by atoms with Crippen LogP contribution in [-0.2, 0) is 4.79 Å². The number of rotatable bonds is 8. The average Bonchev–Trinajstić information content (AvgIpc) is 2.33. The SMILES string of the molecule is CCCCN(CC(N)=O)c1nc(Cl)nc(OCC)n1. The Morgan fingerprint density at radius 1 is 1.37 bits per heavy atom. The topological polar surface area (TPSA) is 94.2 Å². The summed E-state index contributed by atoms with van der Waals surface area (Å²) in [6.45, 7) is 4.94. The summed E-state index contributed by atoms with van der Waals surface area (Å²) in [5.74, 6) is -0.152. The highest BCUT2D eigenvalue weighted by Crippen LogP contribution is 2.15. The number of halogens is 1. The molecular formula is C11H18ClN5O2. The van der Waals surface area contributed by atoms with Crippen LogP contribution >= 0.6 is 11.6 Å². The number of anilines is 1. The Hall–Kier alpha value is -1.63. The first-order chi connectivity index (χ1) is 9.06. The highest BCUT2D eigenvalue weighted by molar-refractivity contribution is 6.28. The van der Waals surface area contributed by atoms with Crippen molar-refractivity contribution >= 4 is 23.5 Å². The molecule has 0 bridgehead atoms. The van der Waals surface area contributed by atoms with Gasteiger partial charge in [0.1, 0.15) is 0 Å². The van der Waals surface area contributed by atoms with Crippen LogP contribution in [0.3, 0.4) is 0 Å². The monoisotopic (exact) mass is 287 g/mol. The van der Waals surface area contributed by atoms with E-state index >= 15 is 0 Å². The number of unbranched alkanes of at least 4 members (excludes halogenated alkanes) is 1. The first-order valence-electron chi connectivity index (χ1n) is 6.14. The second-order valence-electron chi connectivity index (χ2n) is 3.86. The maximum absolute atomic E-state index is 11.1. The zero-order chi connectivity index (χ0) is 14.3. The summed E-state index contributed by atoms with van der Waals surface area (Å²) in [6.07, 6.45) is 1.87. The fourth-order valence-electron chi connectivity index (χ4n) is 1.44. The maximum Gasteiger partial charge on any atom is 0.322 e. The number of ether oxygens (including phenoxy) is 1. The largest absolute Gasteiger partial charge is 0.464 e. The van der Waals surface area contributed by atoms with Gasteiger partial charge in [-0.3, -0.25) is 4.79 Å². The molecule has 0 saturated carbocycles. The molecule has 0 aliphatic carbocycles. The van der Waals surface area contributed by atoms with Gasteiger partial charge in [-0.15, -0.1) is 0 Å². The van der Waals surface area contributed by atoms with E-state index in [-0.39, 0.29) is 17.8 Å². The molecular weight excluding hydrogens is 270 g/mol. The number of nitrogens with two attached hydrogens (primary N) is 1. The summed E-state index contributed by atoms with van der Waals surface area (Å²) in [5.41, 5.74) is 5.22. The molecule has 1 aromatic rings. The molecule has 0 aliphatic rings. The van der Waals surface area contributed by atoms with Crippen molar-refractivity contribution in [2.45, 2.75) is 26.7 Å². The molecule has 0 fully saturated rings. The molecule has 1 rings (SSSR count). The molecule has 0 atom stereocenters. The van der Waals surface area contributed by atoms with Crippen molar-refractivity contribution in [2.24, 2.45) is 5.73 Å². The van der Waals surface area contributed by atoms with Crippen LogP contribution < -0.4 is 15.4 Å². The van der Waals surface area contributed by atoms with Crippen molar-refractivity contribution in [3.05, 3.63) is 5.28 Å². The van der Waals surface area contributed by atoms with Gasteiger partial charge in [-0.25, -0.2) is 0 Å². The normalized spacial score (nSPS) is 10.3. The Balaban J connectivity index is 2.95. The summed E-state index contributed by atoms with van der Waals surface area (Å²) in [5, 5.41) is 0.0272. The van der Waals surface area contributed by atoms with E-state index in [0.29, 0.717) is 19.1 Å². The summed E-state index contributed by atoms with van der Waals surface area (Å²) < 4.78 is 5.20. The quantitative estimate of drug-likeness (QED) is 0.767. The molecule has 1 heterocycles. The minimum absolute atomic E-state index is 0.0272. The van der Waals surface area contributed by atoms with Crippen molar-refractivity contribution in [1.29, 1.82) is 0 Å². The number of nitrogens with zero attached hydrogens (tertiary/aromatic N) is 4. The van der Waals surface area contributed by atoms with Crippen LogP contribution in [0, 0.1) is 0 Å². The highest BCUT2D eigenvalue weighted by Gasteiger charge is 2.15. The van der Waals surface area contributed by atoms with Crippen LogP contribution in [0.1, 0.15) is 26.7 Å². The van der Waals surface area contributed by atoms with Gasteiger partial charge >= 0.3 is 6.01 Å². The number of hydrogen-bond donors (Lipinski definition) is 1. The van der Waals surface area contributed by atoms with E-state index in [1.165, 1.54) is 0 Å². The van der Waals surface area contributed by atoms with E-state index in [1.807, 2.05) is 6.92 Å². The Kier molecular flexibility index (Phi) is 6.27. The number of amides is 1. The third-order valence-electron chi connectivity index (χ3n) is 2.26. The lowest BCUT2D eigenvalue weighted by Gasteiger charge is -2.20. The van der Waals surface area contributed by atoms with E-state index in [1.54, 1.807) is 4.90 Å². The summed E-state index contributed by atoms with van der Waals surface area (Å²) >= 11 is 5.82. The zero-order valence-electron chi connectivity index (χ0n) is 11.1. The fraction of sp³-hybridized carbons (Fsp3) is 0.636. The molecule has 0 unspecified atom stereocenters. The van der Waals surface area contributed by atoms with Gasteiger partial charge in [0.15, 0.2) is 0 Å². The van der Waals surface area contributed by atoms with Crippen molar-refractivity contribution in [3.8, 4) is 6.01 Å². The lowest BCUT2D eigenvalue weighted by atomic mass is 10.3. The maximum atomic E-state index is 11.1. The van der Waals surface area contributed by atoms with Crippen molar-refractivity contribution in [1.82, 2.24) is 15.0 Å².